The molecule has 34 heavy (non-hydrogen) atoms. The number of carbonyl (C=O) groups excluding carboxylic acids is 1. The molecule has 1 aliphatic heterocycles. The average Bonchev–Trinajstić information content (AvgIpc) is 2.87. The van der Waals surface area contributed by atoms with E-state index >= 15 is 0 Å². The number of nitrogens with zero attached hydrogens (tertiary/aromatic N) is 3. The fraction of sp³-hybridized carbons (Fsp3) is 0.346. The van der Waals surface area contributed by atoms with E-state index in [2.05, 4.69) is 45.3 Å². The van der Waals surface area contributed by atoms with E-state index in [9.17, 15) is 4.79 Å². The number of methoxy groups -OCH3 is 2. The van der Waals surface area contributed by atoms with Crippen LogP contribution in [0.2, 0.25) is 0 Å². The van der Waals surface area contributed by atoms with Crippen molar-refractivity contribution < 1.29 is 14.3 Å². The number of anilines is 1. The Kier molecular flexibility index (Phi) is 7.90. The zero-order valence-corrected chi connectivity index (χ0v) is 20.6. The Morgan fingerprint density at radius 1 is 1.12 bits per heavy atom. The van der Waals surface area contributed by atoms with Crippen LogP contribution in [0.25, 0.3) is 0 Å². The minimum absolute atomic E-state index is 0.0447. The molecule has 1 fully saturated rings. The number of nitrogens with one attached hydrogen (secondary N) is 1. The molecule has 0 spiro atoms. The van der Waals surface area contributed by atoms with E-state index in [0.717, 1.165) is 40.7 Å². The SMILES string of the molecule is COc1cc(CNC(=O)[C@@H]2CCCN(c3nccnc3Sc3cccc(C)c3)C2)cc(OC)c1. The Morgan fingerprint density at radius 2 is 1.88 bits per heavy atom. The van der Waals surface area contributed by atoms with Gasteiger partial charge in [-0.2, -0.15) is 0 Å². The number of amides is 1. The molecule has 178 valence electrons. The molecule has 0 saturated carbocycles. The van der Waals surface area contributed by atoms with Crippen molar-refractivity contribution in [2.45, 2.75) is 36.2 Å². The van der Waals surface area contributed by atoms with E-state index in [0.29, 0.717) is 24.6 Å². The van der Waals surface area contributed by atoms with Crippen LogP contribution >= 0.6 is 11.8 Å². The highest BCUT2D eigenvalue weighted by Gasteiger charge is 2.28. The van der Waals surface area contributed by atoms with Gasteiger partial charge in [0.15, 0.2) is 5.82 Å². The van der Waals surface area contributed by atoms with Crippen LogP contribution in [0.15, 0.2) is 64.8 Å². The van der Waals surface area contributed by atoms with E-state index in [1.54, 1.807) is 38.4 Å². The molecule has 8 heteroatoms. The largest absolute Gasteiger partial charge is 0.497 e. The number of carbonyl (C=O) groups is 1. The highest BCUT2D eigenvalue weighted by Crippen LogP contribution is 2.34. The van der Waals surface area contributed by atoms with Gasteiger partial charge in [-0.3, -0.25) is 4.79 Å². The molecule has 1 saturated heterocycles. The Labute approximate surface area is 204 Å². The summed E-state index contributed by atoms with van der Waals surface area (Å²) in [6.45, 7) is 3.98. The maximum atomic E-state index is 13.0. The summed E-state index contributed by atoms with van der Waals surface area (Å²) in [6.07, 6.45) is 5.22. The van der Waals surface area contributed by atoms with Crippen molar-refractivity contribution in [2.75, 3.05) is 32.2 Å². The predicted octanol–water partition coefficient (Wildman–Crippen LogP) is 4.49. The van der Waals surface area contributed by atoms with Crippen molar-refractivity contribution >= 4 is 23.5 Å². The predicted molar refractivity (Wildman–Crippen MR) is 134 cm³/mol. The third-order valence-electron chi connectivity index (χ3n) is 5.82. The second kappa shape index (κ2) is 11.2. The van der Waals surface area contributed by atoms with Crippen LogP contribution < -0.4 is 19.7 Å². The lowest BCUT2D eigenvalue weighted by molar-refractivity contribution is -0.125. The summed E-state index contributed by atoms with van der Waals surface area (Å²) < 4.78 is 10.7. The number of ether oxygens (including phenoxy) is 2. The first kappa shape index (κ1) is 23.9. The topological polar surface area (TPSA) is 76.6 Å². The van der Waals surface area contributed by atoms with Crippen molar-refractivity contribution in [3.8, 4) is 11.5 Å². The maximum Gasteiger partial charge on any atom is 0.225 e. The molecule has 0 unspecified atom stereocenters. The Morgan fingerprint density at radius 3 is 2.62 bits per heavy atom. The van der Waals surface area contributed by atoms with E-state index in [-0.39, 0.29) is 11.8 Å². The van der Waals surface area contributed by atoms with Gasteiger partial charge in [0.1, 0.15) is 16.5 Å². The molecular formula is C26H30N4O3S. The highest BCUT2D eigenvalue weighted by atomic mass is 32.2. The van der Waals surface area contributed by atoms with Crippen molar-refractivity contribution in [3.63, 3.8) is 0 Å². The minimum Gasteiger partial charge on any atom is -0.497 e. The van der Waals surface area contributed by atoms with Gasteiger partial charge >= 0.3 is 0 Å². The third-order valence-corrected chi connectivity index (χ3v) is 6.79. The van der Waals surface area contributed by atoms with Crippen LogP contribution in [0.4, 0.5) is 5.82 Å². The van der Waals surface area contributed by atoms with Gasteiger partial charge in [0.05, 0.1) is 20.1 Å². The van der Waals surface area contributed by atoms with Crippen molar-refractivity contribution in [3.05, 3.63) is 66.0 Å². The first-order valence-electron chi connectivity index (χ1n) is 11.4. The van der Waals surface area contributed by atoms with E-state index < -0.39 is 0 Å². The molecule has 2 aromatic carbocycles. The Hall–Kier alpha value is -3.26. The first-order valence-corrected chi connectivity index (χ1v) is 12.2. The van der Waals surface area contributed by atoms with Crippen LogP contribution in [0, 0.1) is 12.8 Å². The molecule has 1 aliphatic rings. The van der Waals surface area contributed by atoms with Crippen LogP contribution in [0.5, 0.6) is 11.5 Å². The number of hydrogen-bond donors (Lipinski definition) is 1. The van der Waals surface area contributed by atoms with Crippen LogP contribution in [-0.4, -0.2) is 43.2 Å². The highest BCUT2D eigenvalue weighted by molar-refractivity contribution is 7.99. The van der Waals surface area contributed by atoms with Gasteiger partial charge in [0.2, 0.25) is 5.91 Å². The summed E-state index contributed by atoms with van der Waals surface area (Å²) >= 11 is 1.61. The van der Waals surface area contributed by atoms with Gasteiger partial charge in [-0.15, -0.1) is 0 Å². The zero-order chi connectivity index (χ0) is 23.9. The third kappa shape index (κ3) is 5.99. The number of piperidine rings is 1. The number of rotatable bonds is 8. The van der Waals surface area contributed by atoms with Crippen molar-refractivity contribution in [1.29, 1.82) is 0 Å². The molecule has 1 aromatic heterocycles. The number of aromatic nitrogens is 2. The summed E-state index contributed by atoms with van der Waals surface area (Å²) in [5.41, 5.74) is 2.14. The lowest BCUT2D eigenvalue weighted by Crippen LogP contribution is -2.43. The lowest BCUT2D eigenvalue weighted by atomic mass is 9.97. The molecule has 7 nitrogen and oxygen atoms in total. The standard InChI is InChI=1S/C26H30N4O3S/c1-18-6-4-8-23(12-18)34-26-24(27-9-10-28-26)30-11-5-7-20(17-30)25(31)29-16-19-13-21(32-2)15-22(14-19)33-3/h4,6,8-10,12-15,20H,5,7,11,16-17H2,1-3H3,(H,29,31)/t20-/m1/s1. The summed E-state index contributed by atoms with van der Waals surface area (Å²) in [5, 5.41) is 3.94. The van der Waals surface area contributed by atoms with Gasteiger partial charge in [0.25, 0.3) is 0 Å². The quantitative estimate of drug-likeness (QED) is 0.511. The summed E-state index contributed by atoms with van der Waals surface area (Å²) in [7, 11) is 3.23. The number of hydrogen-bond acceptors (Lipinski definition) is 7. The maximum absolute atomic E-state index is 13.0. The molecule has 1 atom stereocenters. The second-order valence-corrected chi connectivity index (χ2v) is 9.39. The fourth-order valence-corrected chi connectivity index (χ4v) is 5.08. The van der Waals surface area contributed by atoms with E-state index in [1.807, 2.05) is 24.3 Å². The van der Waals surface area contributed by atoms with Gasteiger partial charge in [-0.1, -0.05) is 29.5 Å². The molecule has 0 bridgehead atoms. The Balaban J connectivity index is 1.42. The molecular weight excluding hydrogens is 448 g/mol. The van der Waals surface area contributed by atoms with Crippen molar-refractivity contribution in [2.24, 2.45) is 5.92 Å². The summed E-state index contributed by atoms with van der Waals surface area (Å²) in [5.74, 6) is 2.18. The molecule has 4 rings (SSSR count). The van der Waals surface area contributed by atoms with Gasteiger partial charge in [-0.05, 0) is 49.6 Å². The minimum atomic E-state index is -0.111. The smallest absolute Gasteiger partial charge is 0.225 e. The fourth-order valence-electron chi connectivity index (χ4n) is 4.08. The van der Waals surface area contributed by atoms with E-state index in [1.165, 1.54) is 5.56 Å². The normalized spacial score (nSPS) is 15.6. The monoisotopic (exact) mass is 478 g/mol. The Bertz CT molecular complexity index is 1120. The van der Waals surface area contributed by atoms with Crippen molar-refractivity contribution in [1.82, 2.24) is 15.3 Å². The van der Waals surface area contributed by atoms with Crippen LogP contribution in [-0.2, 0) is 11.3 Å². The van der Waals surface area contributed by atoms with Crippen LogP contribution in [0.1, 0.15) is 24.0 Å². The van der Waals surface area contributed by atoms with Gasteiger partial charge < -0.3 is 19.7 Å². The molecule has 0 radical (unpaired) electrons. The zero-order valence-electron chi connectivity index (χ0n) is 19.8. The molecule has 1 amide bonds. The number of benzene rings is 2. The van der Waals surface area contributed by atoms with Gasteiger partial charge in [0, 0.05) is 43.0 Å². The second-order valence-electron chi connectivity index (χ2n) is 8.33. The van der Waals surface area contributed by atoms with E-state index in [4.69, 9.17) is 9.47 Å². The molecule has 1 N–H and O–H groups in total. The summed E-state index contributed by atoms with van der Waals surface area (Å²) in [6, 6.07) is 14.0. The average molecular weight is 479 g/mol. The summed E-state index contributed by atoms with van der Waals surface area (Å²) in [4.78, 5) is 25.6. The lowest BCUT2D eigenvalue weighted by Gasteiger charge is -2.33. The number of aryl methyl sites for hydroxylation is 1. The molecule has 2 heterocycles. The first-order chi connectivity index (χ1) is 16.6. The van der Waals surface area contributed by atoms with Crippen LogP contribution in [0.3, 0.4) is 0 Å². The molecule has 0 aliphatic carbocycles. The van der Waals surface area contributed by atoms with Gasteiger partial charge in [-0.25, -0.2) is 9.97 Å². The molecule has 3 aromatic rings.